The summed E-state index contributed by atoms with van der Waals surface area (Å²) in [6.45, 7) is 1.33. The van der Waals surface area contributed by atoms with E-state index in [9.17, 15) is 9.59 Å². The van der Waals surface area contributed by atoms with E-state index in [1.165, 1.54) is 18.4 Å². The van der Waals surface area contributed by atoms with Gasteiger partial charge in [-0.2, -0.15) is 4.98 Å². The molecule has 1 aliphatic rings. The molecule has 9 heteroatoms. The summed E-state index contributed by atoms with van der Waals surface area (Å²) in [5.74, 6) is 0.475. The highest BCUT2D eigenvalue weighted by Crippen LogP contribution is 2.22. The van der Waals surface area contributed by atoms with Crippen LogP contribution in [0.1, 0.15) is 18.7 Å². The zero-order valence-corrected chi connectivity index (χ0v) is 14.8. The number of rotatable bonds is 6. The van der Waals surface area contributed by atoms with Crippen LogP contribution in [0, 0.1) is 5.92 Å². The first-order valence-corrected chi connectivity index (χ1v) is 8.96. The van der Waals surface area contributed by atoms with Crippen molar-refractivity contribution in [1.82, 2.24) is 20.4 Å². The Labute approximate surface area is 149 Å². The minimum absolute atomic E-state index is 0.0443. The second-order valence-electron chi connectivity index (χ2n) is 5.82. The van der Waals surface area contributed by atoms with Crippen molar-refractivity contribution in [2.45, 2.75) is 19.4 Å². The van der Waals surface area contributed by atoms with Gasteiger partial charge in [0.05, 0.1) is 17.3 Å². The maximum Gasteiger partial charge on any atom is 0.268 e. The zero-order chi connectivity index (χ0) is 17.6. The molecule has 0 radical (unpaired) electrons. The van der Waals surface area contributed by atoms with Crippen LogP contribution >= 0.6 is 11.3 Å². The molecule has 1 N–H and O–H groups in total. The van der Waals surface area contributed by atoms with Crippen molar-refractivity contribution in [1.29, 1.82) is 0 Å². The fraction of sp³-hybridized carbons (Fsp3) is 0.500. The molecule has 8 nitrogen and oxygen atoms in total. The molecular formula is C16H20N4O4S. The Balaban J connectivity index is 1.51. The number of nitrogens with zero attached hydrogens (tertiary/aromatic N) is 3. The van der Waals surface area contributed by atoms with Crippen LogP contribution in [0.5, 0.6) is 0 Å². The van der Waals surface area contributed by atoms with Crippen LogP contribution in [-0.2, 0) is 20.9 Å². The van der Waals surface area contributed by atoms with Crippen molar-refractivity contribution in [2.24, 2.45) is 5.92 Å². The predicted molar refractivity (Wildman–Crippen MR) is 90.6 cm³/mol. The third-order valence-corrected chi connectivity index (χ3v) is 4.89. The Bertz CT molecular complexity index is 716. The highest BCUT2D eigenvalue weighted by atomic mass is 32.1. The molecule has 25 heavy (non-hydrogen) atoms. The minimum Gasteiger partial charge on any atom is -0.375 e. The van der Waals surface area contributed by atoms with Gasteiger partial charge in [0, 0.05) is 20.2 Å². The highest BCUT2D eigenvalue weighted by Gasteiger charge is 2.28. The van der Waals surface area contributed by atoms with Crippen LogP contribution in [0.15, 0.2) is 22.0 Å². The number of carbonyl (C=O) groups is 2. The van der Waals surface area contributed by atoms with E-state index in [0.29, 0.717) is 24.8 Å². The molecule has 3 heterocycles. The lowest BCUT2D eigenvalue weighted by atomic mass is 9.97. The van der Waals surface area contributed by atoms with Gasteiger partial charge >= 0.3 is 0 Å². The number of hydrogen-bond acceptors (Lipinski definition) is 7. The number of amides is 2. The van der Waals surface area contributed by atoms with Gasteiger partial charge in [0.2, 0.25) is 11.8 Å². The summed E-state index contributed by atoms with van der Waals surface area (Å²) in [7, 11) is 1.49. The van der Waals surface area contributed by atoms with Gasteiger partial charge in [0.25, 0.3) is 5.89 Å². The SMILES string of the molecule is COCC(=O)N1CCC[C@H](C(=O)NCc2noc(-c3cccs3)n2)C1. The number of piperidine rings is 1. The van der Waals surface area contributed by atoms with E-state index in [1.807, 2.05) is 17.5 Å². The van der Waals surface area contributed by atoms with Gasteiger partial charge in [-0.15, -0.1) is 11.3 Å². The van der Waals surface area contributed by atoms with Gasteiger partial charge in [-0.05, 0) is 24.3 Å². The van der Waals surface area contributed by atoms with Gasteiger partial charge in [0.1, 0.15) is 6.61 Å². The Hall–Kier alpha value is -2.26. The summed E-state index contributed by atoms with van der Waals surface area (Å²) in [6.07, 6.45) is 1.56. The molecular weight excluding hydrogens is 344 g/mol. The van der Waals surface area contributed by atoms with Crippen LogP contribution in [0.3, 0.4) is 0 Å². The first kappa shape index (κ1) is 17.6. The average Bonchev–Trinajstić information content (AvgIpc) is 3.31. The normalized spacial score (nSPS) is 17.5. The van der Waals surface area contributed by atoms with Gasteiger partial charge in [0.15, 0.2) is 5.82 Å². The number of nitrogens with one attached hydrogen (secondary N) is 1. The molecule has 2 amide bonds. The number of aromatic nitrogens is 2. The lowest BCUT2D eigenvalue weighted by molar-refractivity contribution is -0.139. The van der Waals surface area contributed by atoms with Crippen molar-refractivity contribution < 1.29 is 18.8 Å². The molecule has 2 aromatic heterocycles. The molecule has 0 bridgehead atoms. The molecule has 1 aliphatic heterocycles. The van der Waals surface area contributed by atoms with Crippen molar-refractivity contribution in [3.05, 3.63) is 23.3 Å². The maximum atomic E-state index is 12.4. The second-order valence-corrected chi connectivity index (χ2v) is 6.77. The van der Waals surface area contributed by atoms with Gasteiger partial charge in [-0.25, -0.2) is 0 Å². The third-order valence-electron chi connectivity index (χ3n) is 4.03. The number of hydrogen-bond donors (Lipinski definition) is 1. The molecule has 0 spiro atoms. The van der Waals surface area contributed by atoms with E-state index in [0.717, 1.165) is 17.7 Å². The van der Waals surface area contributed by atoms with Gasteiger partial charge in [-0.3, -0.25) is 9.59 Å². The van der Waals surface area contributed by atoms with Crippen molar-refractivity contribution in [3.8, 4) is 10.8 Å². The highest BCUT2D eigenvalue weighted by molar-refractivity contribution is 7.13. The molecule has 1 saturated heterocycles. The summed E-state index contributed by atoms with van der Waals surface area (Å²) in [4.78, 5) is 31.1. The number of likely N-dealkylation sites (tertiary alicyclic amines) is 1. The largest absolute Gasteiger partial charge is 0.375 e. The van der Waals surface area contributed by atoms with E-state index in [2.05, 4.69) is 15.5 Å². The van der Waals surface area contributed by atoms with Gasteiger partial charge < -0.3 is 19.5 Å². The summed E-state index contributed by atoms with van der Waals surface area (Å²) < 4.78 is 10.1. The molecule has 3 rings (SSSR count). The van der Waals surface area contributed by atoms with Crippen LogP contribution < -0.4 is 5.32 Å². The van der Waals surface area contributed by atoms with Crippen molar-refractivity contribution in [2.75, 3.05) is 26.8 Å². The topological polar surface area (TPSA) is 97.6 Å². The number of thiophene rings is 1. The minimum atomic E-state index is -0.224. The van der Waals surface area contributed by atoms with Crippen molar-refractivity contribution in [3.63, 3.8) is 0 Å². The lowest BCUT2D eigenvalue weighted by Crippen LogP contribution is -2.46. The first-order valence-electron chi connectivity index (χ1n) is 8.08. The molecule has 134 valence electrons. The zero-order valence-electron chi connectivity index (χ0n) is 13.9. The van der Waals surface area contributed by atoms with E-state index in [4.69, 9.17) is 9.26 Å². The van der Waals surface area contributed by atoms with Crippen LogP contribution in [0.4, 0.5) is 0 Å². The van der Waals surface area contributed by atoms with E-state index in [-0.39, 0.29) is 30.9 Å². The first-order chi connectivity index (χ1) is 12.2. The number of methoxy groups -OCH3 is 1. The molecule has 0 saturated carbocycles. The Morgan fingerprint density at radius 1 is 1.52 bits per heavy atom. The standard InChI is InChI=1S/C16H20N4O4S/c1-23-10-14(21)20-6-2-4-11(9-20)15(22)17-8-13-18-16(24-19-13)12-5-3-7-25-12/h3,5,7,11H,2,4,6,8-10H2,1H3,(H,17,22)/t11-/m0/s1. The Morgan fingerprint density at radius 2 is 2.40 bits per heavy atom. The summed E-state index contributed by atoms with van der Waals surface area (Å²) in [5.41, 5.74) is 0. The summed E-state index contributed by atoms with van der Waals surface area (Å²) in [6, 6.07) is 3.81. The van der Waals surface area contributed by atoms with Crippen LogP contribution in [-0.4, -0.2) is 53.7 Å². The Kier molecular flexibility index (Phi) is 5.77. The number of ether oxygens (including phenoxy) is 1. The average molecular weight is 364 g/mol. The molecule has 1 atom stereocenters. The van der Waals surface area contributed by atoms with E-state index in [1.54, 1.807) is 4.90 Å². The molecule has 1 fully saturated rings. The fourth-order valence-corrected chi connectivity index (χ4v) is 3.41. The van der Waals surface area contributed by atoms with E-state index < -0.39 is 0 Å². The maximum absolute atomic E-state index is 12.4. The monoisotopic (exact) mass is 364 g/mol. The molecule has 0 aliphatic carbocycles. The Morgan fingerprint density at radius 3 is 3.16 bits per heavy atom. The quantitative estimate of drug-likeness (QED) is 0.830. The van der Waals surface area contributed by atoms with Crippen LogP contribution in [0.25, 0.3) is 10.8 Å². The third kappa shape index (κ3) is 4.43. The van der Waals surface area contributed by atoms with Crippen LogP contribution in [0.2, 0.25) is 0 Å². The number of carbonyl (C=O) groups excluding carboxylic acids is 2. The van der Waals surface area contributed by atoms with E-state index >= 15 is 0 Å². The summed E-state index contributed by atoms with van der Waals surface area (Å²) in [5, 5.41) is 8.64. The molecule has 0 aromatic carbocycles. The van der Waals surface area contributed by atoms with Gasteiger partial charge in [-0.1, -0.05) is 11.2 Å². The smallest absolute Gasteiger partial charge is 0.268 e. The predicted octanol–water partition coefficient (Wildman–Crippen LogP) is 1.30. The van der Waals surface area contributed by atoms with Crippen molar-refractivity contribution >= 4 is 23.2 Å². The lowest BCUT2D eigenvalue weighted by Gasteiger charge is -2.31. The second kappa shape index (κ2) is 8.21. The molecule has 0 unspecified atom stereocenters. The molecule has 2 aromatic rings. The fourth-order valence-electron chi connectivity index (χ4n) is 2.77. The summed E-state index contributed by atoms with van der Waals surface area (Å²) >= 11 is 1.51.